The Bertz CT molecular complexity index is 976. The first kappa shape index (κ1) is 12.8. The predicted molar refractivity (Wildman–Crippen MR) is 84.1 cm³/mol. The maximum Gasteiger partial charge on any atom is 0.206 e. The van der Waals surface area contributed by atoms with Crippen molar-refractivity contribution >= 4 is 22.5 Å². The summed E-state index contributed by atoms with van der Waals surface area (Å²) in [6.07, 6.45) is 2.60. The second kappa shape index (κ2) is 4.80. The van der Waals surface area contributed by atoms with Crippen LogP contribution >= 0.6 is 0 Å². The van der Waals surface area contributed by atoms with Gasteiger partial charge in [-0.2, -0.15) is 0 Å². The topological polar surface area (TPSA) is 56.2 Å². The van der Waals surface area contributed by atoms with E-state index in [2.05, 4.69) is 22.1 Å². The van der Waals surface area contributed by atoms with Gasteiger partial charge in [-0.15, -0.1) is 0 Å². The van der Waals surface area contributed by atoms with Gasteiger partial charge in [0.25, 0.3) is 0 Å². The number of nitrogen functional groups attached to an aromatic ring is 1. The monoisotopic (exact) mass is 292 g/mol. The molecule has 0 radical (unpaired) electrons. The summed E-state index contributed by atoms with van der Waals surface area (Å²) >= 11 is 0. The number of nitrogens with zero attached hydrogens (tertiary/aromatic N) is 3. The lowest BCUT2D eigenvalue weighted by atomic mass is 10.1. The number of imidazole rings is 1. The van der Waals surface area contributed by atoms with E-state index in [9.17, 15) is 4.39 Å². The van der Waals surface area contributed by atoms with Crippen molar-refractivity contribution in [2.24, 2.45) is 0 Å². The first-order valence-electron chi connectivity index (χ1n) is 6.97. The van der Waals surface area contributed by atoms with Crippen molar-refractivity contribution in [2.45, 2.75) is 6.42 Å². The fraction of sp³-hybridized carbons (Fsp3) is 0.0588. The van der Waals surface area contributed by atoms with Gasteiger partial charge in [0.1, 0.15) is 11.5 Å². The van der Waals surface area contributed by atoms with Crippen LogP contribution in [0.3, 0.4) is 0 Å². The fourth-order valence-electron chi connectivity index (χ4n) is 2.65. The molecule has 4 nitrogen and oxygen atoms in total. The van der Waals surface area contributed by atoms with E-state index in [4.69, 9.17) is 5.73 Å². The van der Waals surface area contributed by atoms with E-state index in [0.29, 0.717) is 23.5 Å². The molecule has 0 saturated carbocycles. The average molecular weight is 292 g/mol. The molecule has 0 amide bonds. The number of rotatable bonds is 2. The Morgan fingerprint density at radius 1 is 1.05 bits per heavy atom. The number of nitrogens with two attached hydrogens (primary N) is 1. The number of halogens is 1. The van der Waals surface area contributed by atoms with E-state index < -0.39 is 0 Å². The summed E-state index contributed by atoms with van der Waals surface area (Å²) in [5.74, 6) is -0.0280. The molecule has 0 saturated heterocycles. The Kier molecular flexibility index (Phi) is 2.79. The molecule has 0 bridgehead atoms. The third kappa shape index (κ3) is 2.07. The molecule has 0 unspecified atom stereocenters. The van der Waals surface area contributed by atoms with Crippen LogP contribution in [0.15, 0.2) is 54.7 Å². The zero-order valence-electron chi connectivity index (χ0n) is 11.7. The number of aromatic nitrogens is 3. The van der Waals surface area contributed by atoms with Crippen LogP contribution in [-0.4, -0.2) is 14.4 Å². The minimum absolute atomic E-state index is 0.305. The van der Waals surface area contributed by atoms with Gasteiger partial charge >= 0.3 is 0 Å². The second-order valence-electron chi connectivity index (χ2n) is 5.22. The van der Waals surface area contributed by atoms with Gasteiger partial charge in [-0.25, -0.2) is 14.4 Å². The number of benzene rings is 2. The summed E-state index contributed by atoms with van der Waals surface area (Å²) in [7, 11) is 0. The summed E-state index contributed by atoms with van der Waals surface area (Å²) in [5, 5.41) is 0.787. The van der Waals surface area contributed by atoms with Crippen LogP contribution in [0.4, 0.5) is 10.3 Å². The van der Waals surface area contributed by atoms with Crippen LogP contribution in [0.2, 0.25) is 0 Å². The van der Waals surface area contributed by atoms with Gasteiger partial charge in [-0.3, -0.25) is 4.40 Å². The number of fused-ring (bicyclic) bond motifs is 3. The van der Waals surface area contributed by atoms with Crippen LogP contribution in [-0.2, 0) is 6.42 Å². The normalized spacial score (nSPS) is 11.3. The number of anilines is 1. The molecule has 22 heavy (non-hydrogen) atoms. The Hall–Kier alpha value is -2.95. The highest BCUT2D eigenvalue weighted by molar-refractivity contribution is 5.92. The molecular weight excluding hydrogens is 279 g/mol. The summed E-state index contributed by atoms with van der Waals surface area (Å²) < 4.78 is 15.1. The van der Waals surface area contributed by atoms with E-state index >= 15 is 0 Å². The number of hydrogen-bond acceptors (Lipinski definition) is 3. The van der Waals surface area contributed by atoms with Crippen LogP contribution in [0, 0.1) is 5.82 Å². The Morgan fingerprint density at radius 3 is 2.68 bits per heavy atom. The molecule has 0 aliphatic heterocycles. The largest absolute Gasteiger partial charge is 0.369 e. The quantitative estimate of drug-likeness (QED) is 0.617. The van der Waals surface area contributed by atoms with Gasteiger partial charge in [0.15, 0.2) is 0 Å². The Morgan fingerprint density at radius 2 is 1.86 bits per heavy atom. The highest BCUT2D eigenvalue weighted by atomic mass is 19.1. The maximum absolute atomic E-state index is 13.4. The van der Waals surface area contributed by atoms with Crippen molar-refractivity contribution in [3.63, 3.8) is 0 Å². The lowest BCUT2D eigenvalue weighted by Gasteiger charge is -2.03. The molecule has 4 aromatic rings. The molecule has 0 spiro atoms. The summed E-state index contributed by atoms with van der Waals surface area (Å²) in [5.41, 5.74) is 9.26. The molecule has 2 N–H and O–H groups in total. The zero-order chi connectivity index (χ0) is 15.1. The van der Waals surface area contributed by atoms with Crippen LogP contribution < -0.4 is 5.73 Å². The zero-order valence-corrected chi connectivity index (χ0v) is 11.7. The summed E-state index contributed by atoms with van der Waals surface area (Å²) in [6.45, 7) is 0. The molecule has 0 aliphatic rings. The molecule has 5 heteroatoms. The molecule has 108 valence electrons. The van der Waals surface area contributed by atoms with Crippen molar-refractivity contribution < 1.29 is 4.39 Å². The van der Waals surface area contributed by atoms with Gasteiger partial charge in [0.05, 0.1) is 11.2 Å². The average Bonchev–Trinajstić information content (AvgIpc) is 2.92. The molecule has 0 aliphatic carbocycles. The highest BCUT2D eigenvalue weighted by Gasteiger charge is 2.11. The van der Waals surface area contributed by atoms with Crippen LogP contribution in [0.1, 0.15) is 11.3 Å². The van der Waals surface area contributed by atoms with E-state index in [1.165, 1.54) is 17.7 Å². The van der Waals surface area contributed by atoms with Gasteiger partial charge < -0.3 is 5.73 Å². The predicted octanol–water partition coefficient (Wildman–Crippen LogP) is 3.19. The van der Waals surface area contributed by atoms with Crippen molar-refractivity contribution in [3.8, 4) is 0 Å². The molecule has 2 aromatic heterocycles. The third-order valence-electron chi connectivity index (χ3n) is 3.67. The van der Waals surface area contributed by atoms with E-state index in [1.54, 1.807) is 10.5 Å². The van der Waals surface area contributed by atoms with E-state index in [-0.39, 0.29) is 5.82 Å². The van der Waals surface area contributed by atoms with Crippen LogP contribution in [0.25, 0.3) is 16.6 Å². The van der Waals surface area contributed by atoms with Gasteiger partial charge in [-0.05, 0) is 17.7 Å². The summed E-state index contributed by atoms with van der Waals surface area (Å²) in [6, 6.07) is 14.6. The van der Waals surface area contributed by atoms with Crippen LogP contribution in [0.5, 0.6) is 0 Å². The molecule has 4 rings (SSSR count). The number of hydrogen-bond donors (Lipinski definition) is 1. The minimum Gasteiger partial charge on any atom is -0.369 e. The summed E-state index contributed by atoms with van der Waals surface area (Å²) in [4.78, 5) is 8.89. The van der Waals surface area contributed by atoms with Crippen molar-refractivity contribution in [2.75, 3.05) is 5.73 Å². The van der Waals surface area contributed by atoms with Crippen molar-refractivity contribution in [1.29, 1.82) is 0 Å². The lowest BCUT2D eigenvalue weighted by molar-refractivity contribution is 0.629. The second-order valence-corrected chi connectivity index (χ2v) is 5.22. The maximum atomic E-state index is 13.4. The molecule has 2 aromatic carbocycles. The Labute approximate surface area is 126 Å². The fourth-order valence-corrected chi connectivity index (χ4v) is 2.65. The molecule has 2 heterocycles. The van der Waals surface area contributed by atoms with E-state index in [0.717, 1.165) is 11.1 Å². The first-order chi connectivity index (χ1) is 10.7. The molecule has 0 atom stereocenters. The lowest BCUT2D eigenvalue weighted by Crippen LogP contribution is -2.00. The van der Waals surface area contributed by atoms with Crippen molar-refractivity contribution in [3.05, 3.63) is 71.8 Å². The van der Waals surface area contributed by atoms with Gasteiger partial charge in [0, 0.05) is 24.1 Å². The van der Waals surface area contributed by atoms with Gasteiger partial charge in [-0.1, -0.05) is 30.3 Å². The first-order valence-corrected chi connectivity index (χ1v) is 6.97. The highest BCUT2D eigenvalue weighted by Crippen LogP contribution is 2.22. The standard InChI is InChI=1S/C17H13FN4/c18-12-6-7-14-15(9-12)21-17(19)22-10-13(20-16(14)22)8-11-4-2-1-3-5-11/h1-7,9-10H,8H2,(H2,19,21). The Balaban J connectivity index is 1.89. The van der Waals surface area contributed by atoms with E-state index in [1.807, 2.05) is 24.4 Å². The van der Waals surface area contributed by atoms with Gasteiger partial charge in [0.2, 0.25) is 5.95 Å². The SMILES string of the molecule is Nc1nc2cc(F)ccc2c2nc(Cc3ccccc3)cn12. The molecule has 0 fully saturated rings. The molecular formula is C17H13FN4. The third-order valence-corrected chi connectivity index (χ3v) is 3.67. The smallest absolute Gasteiger partial charge is 0.206 e. The van der Waals surface area contributed by atoms with Crippen molar-refractivity contribution in [1.82, 2.24) is 14.4 Å². The minimum atomic E-state index is -0.334.